The first kappa shape index (κ1) is 53.4. The van der Waals surface area contributed by atoms with E-state index in [1.165, 1.54) is 11.0 Å². The molecule has 5 fully saturated rings. The van der Waals surface area contributed by atoms with Crippen LogP contribution in [-0.2, 0) is 20.9 Å². The molecule has 2 unspecified atom stereocenters. The number of benzene rings is 4. The third-order valence-electron chi connectivity index (χ3n) is 17.4. The van der Waals surface area contributed by atoms with Crippen LogP contribution in [0, 0.1) is 25.6 Å². The van der Waals surface area contributed by atoms with Gasteiger partial charge in [0, 0.05) is 96.4 Å². The number of nitrogens with zero attached hydrogens (tertiary/aromatic N) is 9. The third-order valence-corrected chi connectivity index (χ3v) is 17.4. The zero-order valence-corrected chi connectivity index (χ0v) is 46.9. The van der Waals surface area contributed by atoms with Crippen molar-refractivity contribution < 1.29 is 33.3 Å². The van der Waals surface area contributed by atoms with Crippen LogP contribution in [0.3, 0.4) is 0 Å². The first-order chi connectivity index (χ1) is 39.8. The number of aliphatic hydroxyl groups is 1. The summed E-state index contributed by atoms with van der Waals surface area (Å²) in [6, 6.07) is 20.5. The number of carbonyl (C=O) groups excluding carboxylic acids is 2. The molecule has 5 aliphatic rings. The lowest BCUT2D eigenvalue weighted by atomic mass is 9.88. The maximum absolute atomic E-state index is 16.2. The van der Waals surface area contributed by atoms with Gasteiger partial charge in [-0.2, -0.15) is 15.1 Å². The molecule has 0 radical (unpaired) electrons. The number of piperazine rings is 1. The summed E-state index contributed by atoms with van der Waals surface area (Å²) in [6.07, 6.45) is 11.9. The lowest BCUT2D eigenvalue weighted by Crippen LogP contribution is -2.51. The summed E-state index contributed by atoms with van der Waals surface area (Å²) in [5.74, 6) is 0.342. The highest BCUT2D eigenvalue weighted by atomic mass is 19.1. The van der Waals surface area contributed by atoms with E-state index in [9.17, 15) is 14.7 Å². The Kier molecular flexibility index (Phi) is 14.4. The number of amides is 2. The maximum atomic E-state index is 16.2. The number of nitrogens with one attached hydrogen (secondary N) is 3. The van der Waals surface area contributed by atoms with Gasteiger partial charge in [0.15, 0.2) is 5.75 Å². The van der Waals surface area contributed by atoms with Crippen molar-refractivity contribution in [3.8, 4) is 45.3 Å². The summed E-state index contributed by atoms with van der Waals surface area (Å²) in [5.41, 5.74) is 10.6. The van der Waals surface area contributed by atoms with Crippen LogP contribution in [0.4, 0.5) is 10.2 Å². The van der Waals surface area contributed by atoms with Gasteiger partial charge < -0.3 is 39.8 Å². The minimum atomic E-state index is -0.875. The van der Waals surface area contributed by atoms with Gasteiger partial charge in [-0.3, -0.25) is 19.7 Å². The van der Waals surface area contributed by atoms with Crippen LogP contribution >= 0.6 is 0 Å². The molecular weight excluding hydrogens is 1040 g/mol. The number of hydrogen-bond donors (Lipinski definition) is 4. The Labute approximate surface area is 475 Å². The van der Waals surface area contributed by atoms with Crippen LogP contribution in [0.25, 0.3) is 55.3 Å². The Morgan fingerprint density at radius 2 is 1.63 bits per heavy atom. The number of aryl methyl sites for hydroxylation is 1. The minimum Gasteiger partial charge on any atom is -0.486 e. The van der Waals surface area contributed by atoms with E-state index < -0.39 is 18.2 Å². The molecule has 18 nitrogen and oxygen atoms in total. The number of halogens is 1. The second-order valence-corrected chi connectivity index (χ2v) is 23.5. The van der Waals surface area contributed by atoms with Crippen molar-refractivity contribution in [3.63, 3.8) is 0 Å². The van der Waals surface area contributed by atoms with Crippen molar-refractivity contribution in [1.29, 1.82) is 0 Å². The number of aliphatic hydroxyl groups excluding tert-OH is 1. The van der Waals surface area contributed by atoms with Gasteiger partial charge in [-0.05, 0) is 110 Å². The molecule has 4 N–H and O–H groups in total. The fraction of sp³-hybridized carbons (Fsp3) is 0.429. The molecule has 82 heavy (non-hydrogen) atoms. The molecule has 4 aliphatic heterocycles. The van der Waals surface area contributed by atoms with E-state index in [4.69, 9.17) is 24.2 Å². The number of ether oxygens (including phenoxy) is 3. The van der Waals surface area contributed by atoms with Gasteiger partial charge in [0.1, 0.15) is 47.6 Å². The molecule has 1 saturated carbocycles. The third kappa shape index (κ3) is 10.4. The smallest absolute Gasteiger partial charge is 0.319 e. The van der Waals surface area contributed by atoms with Crippen molar-refractivity contribution in [3.05, 3.63) is 125 Å². The second kappa shape index (κ2) is 22.1. The van der Waals surface area contributed by atoms with E-state index in [0.29, 0.717) is 53.3 Å². The van der Waals surface area contributed by atoms with E-state index in [2.05, 4.69) is 47.1 Å². The number of carbonyl (C=O) groups is 2. The van der Waals surface area contributed by atoms with Crippen molar-refractivity contribution in [2.24, 2.45) is 5.92 Å². The number of rotatable bonds is 16. The van der Waals surface area contributed by atoms with Crippen LogP contribution in [-0.4, -0.2) is 125 Å². The fourth-order valence-electron chi connectivity index (χ4n) is 12.8. The molecule has 19 heteroatoms. The quantitative estimate of drug-likeness (QED) is 0.0711. The van der Waals surface area contributed by atoms with Crippen molar-refractivity contribution in [1.82, 2.24) is 55.7 Å². The molecule has 4 aromatic carbocycles. The standard InChI is InChI=1S/C63H69FN12O6/c1-34(2)58(62(79)75-31-45(77)24-54(75)61(78)67-37(5)39-10-12-41(13-11-39)49-27-65-21-18-35(49)3)76-32-53(72-73-76)42-8-6-38(7-9-42)33-81-59-56(55-36(4)51(64)26-52-50(55)28-66-71-52)47(40-14-15-40)25-48-57(59)69-63(82-46-19-22-80-23-20-46)70-60(48)74-29-43-16-17-44(30-74)68-43/h6-13,18,21,25-28,32,34,37,40,43-46,54,58,68,77H,14-17,19-20,22-24,29-31,33H2,1-5H3,(H,66,71)(H,67,78)/t37-,43?,44?,45+,54-,58-/m0/s1. The average Bonchev–Trinajstić information content (AvgIpc) is 3.77. The molecule has 8 aromatic rings. The Morgan fingerprint density at radius 3 is 2.37 bits per heavy atom. The Balaban J connectivity index is 0.782. The molecule has 2 bridgehead atoms. The first-order valence-corrected chi connectivity index (χ1v) is 29.0. The van der Waals surface area contributed by atoms with Gasteiger partial charge in [0.25, 0.3) is 0 Å². The molecule has 424 valence electrons. The summed E-state index contributed by atoms with van der Waals surface area (Å²) >= 11 is 0. The number of aromatic nitrogens is 8. The molecule has 8 heterocycles. The van der Waals surface area contributed by atoms with Gasteiger partial charge in [0.05, 0.1) is 43.3 Å². The fourth-order valence-corrected chi connectivity index (χ4v) is 12.8. The molecule has 13 rings (SSSR count). The lowest BCUT2D eigenvalue weighted by molar-refractivity contribution is -0.142. The number of pyridine rings is 1. The molecule has 1 aliphatic carbocycles. The van der Waals surface area contributed by atoms with Crippen LogP contribution in [0.1, 0.15) is 112 Å². The van der Waals surface area contributed by atoms with E-state index in [0.717, 1.165) is 118 Å². The predicted octanol–water partition coefficient (Wildman–Crippen LogP) is 9.24. The van der Waals surface area contributed by atoms with Crippen LogP contribution < -0.4 is 25.0 Å². The first-order valence-electron chi connectivity index (χ1n) is 29.0. The number of β-amino-alcohol motifs (C(OH)–C–C–N with tert-alkyl or cyclic N) is 1. The summed E-state index contributed by atoms with van der Waals surface area (Å²) < 4.78 is 37.3. The van der Waals surface area contributed by atoms with E-state index in [1.807, 2.05) is 95.4 Å². The monoisotopic (exact) mass is 1110 g/mol. The Morgan fingerprint density at radius 1 is 0.878 bits per heavy atom. The predicted molar refractivity (Wildman–Crippen MR) is 309 cm³/mol. The molecule has 0 spiro atoms. The molecule has 2 amide bonds. The van der Waals surface area contributed by atoms with Crippen molar-refractivity contribution in [2.75, 3.05) is 37.7 Å². The summed E-state index contributed by atoms with van der Waals surface area (Å²) in [6.45, 7) is 12.6. The number of fused-ring (bicyclic) bond motifs is 4. The summed E-state index contributed by atoms with van der Waals surface area (Å²) in [4.78, 5) is 47.3. The zero-order valence-electron chi connectivity index (χ0n) is 46.9. The van der Waals surface area contributed by atoms with E-state index >= 15 is 4.39 Å². The van der Waals surface area contributed by atoms with Crippen LogP contribution in [0.5, 0.6) is 11.8 Å². The average molecular weight is 1110 g/mol. The molecule has 4 saturated heterocycles. The van der Waals surface area contributed by atoms with Crippen LogP contribution in [0.15, 0.2) is 91.5 Å². The number of hydrogen-bond acceptors (Lipinski definition) is 14. The molecular formula is C63H69FN12O6. The van der Waals surface area contributed by atoms with Gasteiger partial charge in [-0.25, -0.2) is 9.07 Å². The SMILES string of the molecule is Cc1ccncc1-c1ccc([C@H](C)NC(=O)[C@@H]2C[C@@H](O)CN2C(=O)[C@H](C(C)C)n2cc(-c3ccc(COc4c(-c5c(C)c(F)cc6[nH]ncc56)c(C5CC5)cc5c(N6CC7CCC(C6)N7)nc(OC6CCOCC6)nc45)cc3)nn2)cc1. The highest BCUT2D eigenvalue weighted by Crippen LogP contribution is 2.53. The Hall–Kier alpha value is -7.87. The summed E-state index contributed by atoms with van der Waals surface area (Å²) in [7, 11) is 0. The maximum Gasteiger partial charge on any atom is 0.319 e. The van der Waals surface area contributed by atoms with Gasteiger partial charge in [-0.1, -0.05) is 67.6 Å². The highest BCUT2D eigenvalue weighted by Gasteiger charge is 2.43. The van der Waals surface area contributed by atoms with Crippen molar-refractivity contribution in [2.45, 2.75) is 135 Å². The number of aromatic amines is 1. The molecule has 6 atom stereocenters. The summed E-state index contributed by atoms with van der Waals surface area (Å²) in [5, 5.41) is 35.9. The van der Waals surface area contributed by atoms with Gasteiger partial charge in [-0.15, -0.1) is 5.10 Å². The Bertz CT molecular complexity index is 3680. The topological polar surface area (TPSA) is 211 Å². The second-order valence-electron chi connectivity index (χ2n) is 23.5. The normalized spacial score (nSPS) is 20.9. The van der Waals surface area contributed by atoms with Crippen molar-refractivity contribution >= 4 is 39.4 Å². The number of anilines is 1. The number of likely N-dealkylation sites (tertiary alicyclic amines) is 1. The van der Waals surface area contributed by atoms with Gasteiger partial charge >= 0.3 is 6.01 Å². The van der Waals surface area contributed by atoms with Gasteiger partial charge in [0.2, 0.25) is 11.8 Å². The zero-order chi connectivity index (χ0) is 56.3. The van der Waals surface area contributed by atoms with E-state index in [-0.39, 0.29) is 67.2 Å². The molecule has 4 aromatic heterocycles. The highest BCUT2D eigenvalue weighted by molar-refractivity contribution is 6.06. The van der Waals surface area contributed by atoms with Crippen LogP contribution in [0.2, 0.25) is 0 Å². The van der Waals surface area contributed by atoms with E-state index in [1.54, 1.807) is 23.3 Å². The number of H-pyrrole nitrogens is 1. The largest absolute Gasteiger partial charge is 0.486 e. The lowest BCUT2D eigenvalue weighted by Gasteiger charge is -2.35. The minimum absolute atomic E-state index is 0.0206.